The summed E-state index contributed by atoms with van der Waals surface area (Å²) < 4.78 is 5.17. The molecule has 0 saturated heterocycles. The monoisotopic (exact) mass is 248 g/mol. The summed E-state index contributed by atoms with van der Waals surface area (Å²) in [4.78, 5) is 11.8. The van der Waals surface area contributed by atoms with Crippen molar-refractivity contribution in [3.63, 3.8) is 0 Å². The summed E-state index contributed by atoms with van der Waals surface area (Å²) in [6.45, 7) is 2.68. The maximum Gasteiger partial charge on any atom is 0.310 e. The van der Waals surface area contributed by atoms with Crippen LogP contribution in [0.25, 0.3) is 0 Å². The smallest absolute Gasteiger partial charge is 0.310 e. The first kappa shape index (κ1) is 11.0. The minimum atomic E-state index is -0.00664. The fourth-order valence-corrected chi connectivity index (χ4v) is 2.41. The fourth-order valence-electron chi connectivity index (χ4n) is 1.60. The van der Waals surface area contributed by atoms with Crippen LogP contribution in [0.3, 0.4) is 0 Å². The van der Waals surface area contributed by atoms with Crippen molar-refractivity contribution in [2.75, 3.05) is 6.61 Å². The second kappa shape index (κ2) is 5.63. The van der Waals surface area contributed by atoms with Crippen LogP contribution in [-0.4, -0.2) is 17.4 Å². The van der Waals surface area contributed by atoms with E-state index in [9.17, 15) is 4.79 Å². The summed E-state index contributed by atoms with van der Waals surface area (Å²) in [7, 11) is 0. The molecule has 1 fully saturated rings. The van der Waals surface area contributed by atoms with E-state index in [1.165, 1.54) is 0 Å². The first-order valence-electron chi connectivity index (χ1n) is 5.06. The number of ether oxygens (including phenoxy) is 1. The Balaban J connectivity index is 2.22. The van der Waals surface area contributed by atoms with Crippen molar-refractivity contribution >= 4 is 21.9 Å². The van der Waals surface area contributed by atoms with E-state index >= 15 is 0 Å². The topological polar surface area (TPSA) is 26.3 Å². The second-order valence-corrected chi connectivity index (χ2v) is 4.75. The van der Waals surface area contributed by atoms with Gasteiger partial charge in [-0.2, -0.15) is 0 Å². The molecule has 0 N–H and O–H groups in total. The SMILES string of the molecule is CCCCOC(=O)C1CCCC1Br. The van der Waals surface area contributed by atoms with Gasteiger partial charge in [-0.15, -0.1) is 0 Å². The molecule has 0 radical (unpaired) electrons. The molecule has 0 amide bonds. The lowest BCUT2D eigenvalue weighted by molar-refractivity contribution is -0.148. The van der Waals surface area contributed by atoms with E-state index in [0.717, 1.165) is 32.1 Å². The Bertz CT molecular complexity index is 170. The highest BCUT2D eigenvalue weighted by atomic mass is 79.9. The van der Waals surface area contributed by atoms with Gasteiger partial charge in [0.2, 0.25) is 0 Å². The molecule has 0 aromatic rings. The van der Waals surface area contributed by atoms with Gasteiger partial charge in [0.15, 0.2) is 0 Å². The molecule has 1 rings (SSSR count). The zero-order chi connectivity index (χ0) is 9.68. The number of hydrogen-bond donors (Lipinski definition) is 0. The quantitative estimate of drug-likeness (QED) is 0.435. The van der Waals surface area contributed by atoms with E-state index in [2.05, 4.69) is 22.9 Å². The van der Waals surface area contributed by atoms with E-state index in [1.807, 2.05) is 0 Å². The van der Waals surface area contributed by atoms with Crippen molar-refractivity contribution in [3.05, 3.63) is 0 Å². The van der Waals surface area contributed by atoms with E-state index < -0.39 is 0 Å². The Morgan fingerprint density at radius 2 is 2.31 bits per heavy atom. The number of unbranched alkanes of at least 4 members (excludes halogenated alkanes) is 1. The van der Waals surface area contributed by atoms with Crippen LogP contribution in [0.1, 0.15) is 39.0 Å². The van der Waals surface area contributed by atoms with Crippen LogP contribution in [0.2, 0.25) is 0 Å². The van der Waals surface area contributed by atoms with Crippen LogP contribution in [0.15, 0.2) is 0 Å². The molecule has 13 heavy (non-hydrogen) atoms. The highest BCUT2D eigenvalue weighted by molar-refractivity contribution is 9.09. The number of halogens is 1. The molecule has 76 valence electrons. The van der Waals surface area contributed by atoms with Crippen molar-refractivity contribution in [3.8, 4) is 0 Å². The van der Waals surface area contributed by atoms with Crippen molar-refractivity contribution in [1.29, 1.82) is 0 Å². The van der Waals surface area contributed by atoms with Crippen LogP contribution in [0, 0.1) is 5.92 Å². The van der Waals surface area contributed by atoms with Gasteiger partial charge in [0.25, 0.3) is 0 Å². The number of rotatable bonds is 4. The summed E-state index contributed by atoms with van der Waals surface area (Å²) in [5.41, 5.74) is 0. The third-order valence-corrected chi connectivity index (χ3v) is 3.57. The van der Waals surface area contributed by atoms with Gasteiger partial charge in [-0.1, -0.05) is 35.7 Å². The highest BCUT2D eigenvalue weighted by Gasteiger charge is 2.32. The Kier molecular flexibility index (Phi) is 4.78. The Hall–Kier alpha value is -0.0500. The summed E-state index contributed by atoms with van der Waals surface area (Å²) in [6, 6.07) is 0. The van der Waals surface area contributed by atoms with E-state index in [-0.39, 0.29) is 11.9 Å². The predicted molar refractivity (Wildman–Crippen MR) is 55.9 cm³/mol. The third-order valence-electron chi connectivity index (χ3n) is 2.48. The van der Waals surface area contributed by atoms with Gasteiger partial charge in [0, 0.05) is 4.83 Å². The largest absolute Gasteiger partial charge is 0.465 e. The zero-order valence-corrected chi connectivity index (χ0v) is 9.68. The number of hydrogen-bond acceptors (Lipinski definition) is 2. The molecule has 2 nitrogen and oxygen atoms in total. The lowest BCUT2D eigenvalue weighted by Crippen LogP contribution is -2.21. The van der Waals surface area contributed by atoms with Crippen LogP contribution in [0.4, 0.5) is 0 Å². The molecule has 0 aliphatic heterocycles. The van der Waals surface area contributed by atoms with Crippen LogP contribution in [-0.2, 0) is 9.53 Å². The average molecular weight is 249 g/mol. The highest BCUT2D eigenvalue weighted by Crippen LogP contribution is 2.32. The lowest BCUT2D eigenvalue weighted by atomic mass is 10.1. The maximum atomic E-state index is 11.5. The maximum absolute atomic E-state index is 11.5. The molecule has 1 aliphatic carbocycles. The second-order valence-electron chi connectivity index (χ2n) is 3.57. The molecule has 0 aromatic heterocycles. The van der Waals surface area contributed by atoms with Crippen molar-refractivity contribution in [2.45, 2.75) is 43.9 Å². The molecule has 3 heteroatoms. The van der Waals surface area contributed by atoms with E-state index in [4.69, 9.17) is 4.74 Å². The lowest BCUT2D eigenvalue weighted by Gasteiger charge is -2.12. The van der Waals surface area contributed by atoms with E-state index in [1.54, 1.807) is 0 Å². The first-order chi connectivity index (χ1) is 6.25. The Morgan fingerprint density at radius 1 is 1.54 bits per heavy atom. The van der Waals surface area contributed by atoms with Gasteiger partial charge in [0.1, 0.15) is 0 Å². The predicted octanol–water partition coefficient (Wildman–Crippen LogP) is 2.89. The molecular formula is C10H17BrO2. The molecular weight excluding hydrogens is 232 g/mol. The zero-order valence-electron chi connectivity index (χ0n) is 8.09. The molecule has 0 spiro atoms. The van der Waals surface area contributed by atoms with Crippen LogP contribution in [0.5, 0.6) is 0 Å². The summed E-state index contributed by atoms with van der Waals surface area (Å²) in [5.74, 6) is 0.102. The van der Waals surface area contributed by atoms with Crippen molar-refractivity contribution in [2.24, 2.45) is 5.92 Å². The van der Waals surface area contributed by atoms with Crippen LogP contribution >= 0.6 is 15.9 Å². The van der Waals surface area contributed by atoms with Gasteiger partial charge >= 0.3 is 5.97 Å². The summed E-state index contributed by atoms with van der Waals surface area (Å²) in [5, 5.41) is 0. The average Bonchev–Trinajstić information content (AvgIpc) is 2.52. The number of esters is 1. The molecule has 0 heterocycles. The Morgan fingerprint density at radius 3 is 2.85 bits per heavy atom. The van der Waals surface area contributed by atoms with Gasteiger partial charge in [-0.3, -0.25) is 4.79 Å². The van der Waals surface area contributed by atoms with Crippen LogP contribution < -0.4 is 0 Å². The standard InChI is InChI=1S/C10H17BrO2/c1-2-3-7-13-10(12)8-5-4-6-9(8)11/h8-9H,2-7H2,1H3. The summed E-state index contributed by atoms with van der Waals surface area (Å²) in [6.07, 6.45) is 5.29. The number of carbonyl (C=O) groups is 1. The van der Waals surface area contributed by atoms with E-state index in [0.29, 0.717) is 11.4 Å². The normalized spacial score (nSPS) is 27.5. The number of carbonyl (C=O) groups excluding carboxylic acids is 1. The molecule has 2 unspecified atom stereocenters. The fraction of sp³-hybridized carbons (Fsp3) is 0.900. The van der Waals surface area contributed by atoms with Gasteiger partial charge in [-0.05, 0) is 19.3 Å². The minimum absolute atomic E-state index is 0.00664. The molecule has 0 bridgehead atoms. The number of alkyl halides is 1. The minimum Gasteiger partial charge on any atom is -0.465 e. The summed E-state index contributed by atoms with van der Waals surface area (Å²) >= 11 is 3.51. The van der Waals surface area contributed by atoms with Gasteiger partial charge in [-0.25, -0.2) is 0 Å². The Labute approximate surface area is 88.2 Å². The van der Waals surface area contributed by atoms with Crippen molar-refractivity contribution in [1.82, 2.24) is 0 Å². The first-order valence-corrected chi connectivity index (χ1v) is 5.98. The molecule has 2 atom stereocenters. The third kappa shape index (κ3) is 3.29. The van der Waals surface area contributed by atoms with Gasteiger partial charge in [0.05, 0.1) is 12.5 Å². The molecule has 1 saturated carbocycles. The van der Waals surface area contributed by atoms with Crippen molar-refractivity contribution < 1.29 is 9.53 Å². The van der Waals surface area contributed by atoms with Gasteiger partial charge < -0.3 is 4.74 Å². The molecule has 1 aliphatic rings. The molecule has 0 aromatic carbocycles.